The zero-order valence-corrected chi connectivity index (χ0v) is 16.6. The van der Waals surface area contributed by atoms with Crippen LogP contribution in [-0.4, -0.2) is 29.2 Å². The Hall–Kier alpha value is -2.74. The molecule has 29 heavy (non-hydrogen) atoms. The van der Waals surface area contributed by atoms with Gasteiger partial charge in [0.25, 0.3) is 11.1 Å². The van der Waals surface area contributed by atoms with Crippen LogP contribution < -0.4 is 4.74 Å². The van der Waals surface area contributed by atoms with Crippen LogP contribution in [0.15, 0.2) is 47.4 Å². The zero-order valence-electron chi connectivity index (χ0n) is 15.7. The quantitative estimate of drug-likeness (QED) is 0.604. The first-order valence-corrected chi connectivity index (χ1v) is 9.60. The lowest BCUT2D eigenvalue weighted by Gasteiger charge is -2.14. The van der Waals surface area contributed by atoms with E-state index in [1.54, 1.807) is 0 Å². The van der Waals surface area contributed by atoms with Gasteiger partial charge in [-0.1, -0.05) is 30.3 Å². The minimum absolute atomic E-state index is 0.0102. The first-order valence-electron chi connectivity index (χ1n) is 8.78. The fourth-order valence-electron chi connectivity index (χ4n) is 2.82. The highest BCUT2D eigenvalue weighted by Crippen LogP contribution is 2.36. The Labute approximate surface area is 170 Å². The predicted molar refractivity (Wildman–Crippen MR) is 106 cm³/mol. The van der Waals surface area contributed by atoms with Gasteiger partial charge in [0, 0.05) is 0 Å². The number of benzene rings is 2. The summed E-state index contributed by atoms with van der Waals surface area (Å²) in [6.07, 6.45) is -3.44. The van der Waals surface area contributed by atoms with Crippen molar-refractivity contribution in [3.8, 4) is 5.75 Å². The van der Waals surface area contributed by atoms with Crippen LogP contribution in [0, 0.1) is 13.8 Å². The van der Waals surface area contributed by atoms with Crippen molar-refractivity contribution in [3.05, 3.63) is 69.6 Å². The topological polar surface area (TPSA) is 46.6 Å². The van der Waals surface area contributed by atoms with Gasteiger partial charge in [-0.3, -0.25) is 14.5 Å². The van der Waals surface area contributed by atoms with Crippen LogP contribution in [0.5, 0.6) is 5.75 Å². The standard InChI is InChI=1S/C21H18F3NO3S/c1-13-7-8-14(2)17(11-13)28-10-9-25-19(26)18(29-20(25)27)12-15-5-3-4-6-16(15)21(22,23)24/h3-8,11-12H,9-10H2,1-2H3/b18-12-. The number of carbonyl (C=O) groups is 2. The molecule has 152 valence electrons. The molecule has 0 bridgehead atoms. The molecule has 0 saturated carbocycles. The van der Waals surface area contributed by atoms with Gasteiger partial charge in [0.05, 0.1) is 17.0 Å². The molecule has 0 atom stereocenters. The molecule has 1 aliphatic heterocycles. The van der Waals surface area contributed by atoms with E-state index in [0.717, 1.165) is 28.2 Å². The van der Waals surface area contributed by atoms with E-state index in [4.69, 9.17) is 4.74 Å². The first-order chi connectivity index (χ1) is 13.7. The Balaban J connectivity index is 1.72. The van der Waals surface area contributed by atoms with Crippen LogP contribution in [0.4, 0.5) is 18.0 Å². The maximum absolute atomic E-state index is 13.1. The molecule has 1 fully saturated rings. The molecular weight excluding hydrogens is 403 g/mol. The summed E-state index contributed by atoms with van der Waals surface area (Å²) in [5.74, 6) is 0.0353. The molecule has 3 rings (SSSR count). The molecule has 2 aromatic carbocycles. The molecule has 2 amide bonds. The van der Waals surface area contributed by atoms with Gasteiger partial charge in [-0.2, -0.15) is 13.2 Å². The number of aryl methyl sites for hydroxylation is 2. The van der Waals surface area contributed by atoms with Crippen molar-refractivity contribution in [2.24, 2.45) is 0 Å². The Bertz CT molecular complexity index is 985. The molecule has 0 radical (unpaired) electrons. The number of nitrogens with zero attached hydrogens (tertiary/aromatic N) is 1. The van der Waals surface area contributed by atoms with Gasteiger partial charge in [0.2, 0.25) is 0 Å². The van der Waals surface area contributed by atoms with Crippen molar-refractivity contribution in [2.75, 3.05) is 13.2 Å². The molecule has 1 aliphatic rings. The minimum atomic E-state index is -4.55. The first kappa shape index (κ1) is 21.0. The van der Waals surface area contributed by atoms with Crippen molar-refractivity contribution in [1.29, 1.82) is 0 Å². The number of ether oxygens (including phenoxy) is 1. The molecule has 1 saturated heterocycles. The van der Waals surface area contributed by atoms with E-state index in [-0.39, 0.29) is 23.6 Å². The van der Waals surface area contributed by atoms with E-state index in [1.165, 1.54) is 18.2 Å². The highest BCUT2D eigenvalue weighted by molar-refractivity contribution is 8.18. The van der Waals surface area contributed by atoms with Gasteiger partial charge in [-0.25, -0.2) is 0 Å². The number of carbonyl (C=O) groups excluding carboxylic acids is 2. The van der Waals surface area contributed by atoms with Crippen molar-refractivity contribution in [2.45, 2.75) is 20.0 Å². The van der Waals surface area contributed by atoms with Crippen molar-refractivity contribution in [1.82, 2.24) is 4.90 Å². The largest absolute Gasteiger partial charge is 0.491 e. The van der Waals surface area contributed by atoms with Gasteiger partial charge in [0.1, 0.15) is 12.4 Å². The maximum Gasteiger partial charge on any atom is 0.416 e. The normalized spacial score (nSPS) is 16.0. The minimum Gasteiger partial charge on any atom is -0.491 e. The Kier molecular flexibility index (Phi) is 6.02. The summed E-state index contributed by atoms with van der Waals surface area (Å²) in [6.45, 7) is 3.91. The van der Waals surface area contributed by atoms with E-state index in [0.29, 0.717) is 17.5 Å². The second kappa shape index (κ2) is 8.32. The van der Waals surface area contributed by atoms with Gasteiger partial charge in [0.15, 0.2) is 0 Å². The summed E-state index contributed by atoms with van der Waals surface area (Å²) in [4.78, 5) is 25.6. The van der Waals surface area contributed by atoms with E-state index < -0.39 is 22.9 Å². The number of hydrogen-bond donors (Lipinski definition) is 0. The third-order valence-electron chi connectivity index (χ3n) is 4.34. The average molecular weight is 421 g/mol. The van der Waals surface area contributed by atoms with Crippen molar-refractivity contribution < 1.29 is 27.5 Å². The molecule has 0 N–H and O–H groups in total. The molecule has 0 aromatic heterocycles. The SMILES string of the molecule is Cc1ccc(C)c(OCCN2C(=O)S/C(=C\c3ccccc3C(F)(F)F)C2=O)c1. The smallest absolute Gasteiger partial charge is 0.416 e. The van der Waals surface area contributed by atoms with E-state index in [2.05, 4.69) is 0 Å². The second-order valence-electron chi connectivity index (χ2n) is 6.54. The van der Waals surface area contributed by atoms with Gasteiger partial charge in [-0.15, -0.1) is 0 Å². The molecular formula is C21H18F3NO3S. The Morgan fingerprint density at radius 2 is 1.83 bits per heavy atom. The van der Waals surface area contributed by atoms with Crippen LogP contribution in [-0.2, 0) is 11.0 Å². The third kappa shape index (κ3) is 4.82. The summed E-state index contributed by atoms with van der Waals surface area (Å²) >= 11 is 0.623. The lowest BCUT2D eigenvalue weighted by Crippen LogP contribution is -2.32. The Morgan fingerprint density at radius 1 is 1.10 bits per heavy atom. The number of halogens is 3. The number of alkyl halides is 3. The molecule has 2 aromatic rings. The molecule has 8 heteroatoms. The monoisotopic (exact) mass is 421 g/mol. The average Bonchev–Trinajstić information content (AvgIpc) is 2.91. The highest BCUT2D eigenvalue weighted by atomic mass is 32.2. The van der Waals surface area contributed by atoms with Gasteiger partial charge in [-0.05, 0) is 60.5 Å². The van der Waals surface area contributed by atoms with E-state index in [1.807, 2.05) is 32.0 Å². The summed E-state index contributed by atoms with van der Waals surface area (Å²) in [7, 11) is 0. The van der Waals surface area contributed by atoms with E-state index >= 15 is 0 Å². The number of amides is 2. The molecule has 0 aliphatic carbocycles. The van der Waals surface area contributed by atoms with Crippen LogP contribution in [0.3, 0.4) is 0 Å². The number of imide groups is 1. The molecule has 1 heterocycles. The predicted octanol–water partition coefficient (Wildman–Crippen LogP) is 5.44. The van der Waals surface area contributed by atoms with Crippen molar-refractivity contribution in [3.63, 3.8) is 0 Å². The van der Waals surface area contributed by atoms with Crippen LogP contribution in [0.25, 0.3) is 6.08 Å². The Morgan fingerprint density at radius 3 is 2.55 bits per heavy atom. The summed E-state index contributed by atoms with van der Waals surface area (Å²) in [5, 5.41) is -0.532. The van der Waals surface area contributed by atoms with Crippen molar-refractivity contribution >= 4 is 29.0 Å². The lowest BCUT2D eigenvalue weighted by molar-refractivity contribution is -0.137. The summed E-state index contributed by atoms with van der Waals surface area (Å²) in [5.41, 5.74) is 0.929. The summed E-state index contributed by atoms with van der Waals surface area (Å²) in [6, 6.07) is 10.6. The second-order valence-corrected chi connectivity index (χ2v) is 7.53. The fraction of sp³-hybridized carbons (Fsp3) is 0.238. The maximum atomic E-state index is 13.1. The number of thioether (sulfide) groups is 1. The number of rotatable bonds is 5. The molecule has 4 nitrogen and oxygen atoms in total. The molecule has 0 unspecified atom stereocenters. The lowest BCUT2D eigenvalue weighted by atomic mass is 10.1. The number of hydrogen-bond acceptors (Lipinski definition) is 4. The third-order valence-corrected chi connectivity index (χ3v) is 5.25. The van der Waals surface area contributed by atoms with Crippen LogP contribution in [0.2, 0.25) is 0 Å². The van der Waals surface area contributed by atoms with Crippen LogP contribution >= 0.6 is 11.8 Å². The fourth-order valence-corrected chi connectivity index (χ4v) is 3.68. The molecule has 0 spiro atoms. The van der Waals surface area contributed by atoms with E-state index in [9.17, 15) is 22.8 Å². The van der Waals surface area contributed by atoms with Crippen LogP contribution in [0.1, 0.15) is 22.3 Å². The van der Waals surface area contributed by atoms with Gasteiger partial charge < -0.3 is 4.74 Å². The highest BCUT2D eigenvalue weighted by Gasteiger charge is 2.37. The zero-order chi connectivity index (χ0) is 21.2. The van der Waals surface area contributed by atoms with Gasteiger partial charge >= 0.3 is 6.18 Å². The summed E-state index contributed by atoms with van der Waals surface area (Å²) < 4.78 is 45.1.